The number of nitrogens with one attached hydrogen (secondary N) is 2. The summed E-state index contributed by atoms with van der Waals surface area (Å²) >= 11 is 0. The Hall–Kier alpha value is -2.65. The molecule has 2 aromatic carbocycles. The number of hydrogen-bond acceptors (Lipinski definition) is 5. The van der Waals surface area contributed by atoms with Gasteiger partial charge in [-0.2, -0.15) is 0 Å². The topological polar surface area (TPSA) is 87.7 Å². The number of amides is 1. The summed E-state index contributed by atoms with van der Waals surface area (Å²) in [6.07, 6.45) is 7.00. The van der Waals surface area contributed by atoms with Crippen molar-refractivity contribution >= 4 is 27.5 Å². The van der Waals surface area contributed by atoms with Gasteiger partial charge >= 0.3 is 6.09 Å². The van der Waals surface area contributed by atoms with Crippen LogP contribution in [0.5, 0.6) is 0 Å². The molecule has 1 saturated carbocycles. The van der Waals surface area contributed by atoms with E-state index in [0.717, 1.165) is 28.9 Å². The van der Waals surface area contributed by atoms with E-state index in [4.69, 9.17) is 4.74 Å². The summed E-state index contributed by atoms with van der Waals surface area (Å²) in [7, 11) is -4.03. The van der Waals surface area contributed by atoms with Gasteiger partial charge in [0.05, 0.1) is 22.8 Å². The van der Waals surface area contributed by atoms with Gasteiger partial charge in [-0.15, -0.1) is 0 Å². The first-order valence-corrected chi connectivity index (χ1v) is 13.4. The van der Waals surface area contributed by atoms with Crippen molar-refractivity contribution in [3.63, 3.8) is 0 Å². The van der Waals surface area contributed by atoms with Crippen LogP contribution in [0, 0.1) is 11.7 Å². The van der Waals surface area contributed by atoms with Crippen molar-refractivity contribution in [2.75, 3.05) is 22.8 Å². The van der Waals surface area contributed by atoms with Crippen LogP contribution >= 0.6 is 0 Å². The molecule has 1 aliphatic carbocycles. The summed E-state index contributed by atoms with van der Waals surface area (Å²) in [4.78, 5) is 12.6. The summed E-state index contributed by atoms with van der Waals surface area (Å²) in [6.45, 7) is 3.09. The van der Waals surface area contributed by atoms with Gasteiger partial charge in [-0.3, -0.25) is 9.62 Å². The number of halogens is 1. The predicted octanol–water partition coefficient (Wildman–Crippen LogP) is 5.03. The van der Waals surface area contributed by atoms with Gasteiger partial charge in [0.2, 0.25) is 0 Å². The van der Waals surface area contributed by atoms with E-state index in [1.807, 2.05) is 12.1 Å². The van der Waals surface area contributed by atoms with Gasteiger partial charge in [0, 0.05) is 12.6 Å². The number of hydrogen-bond donors (Lipinski definition) is 2. The maximum absolute atomic E-state index is 14.7. The first-order chi connectivity index (χ1) is 16.3. The molecule has 1 atom stereocenters. The highest BCUT2D eigenvalue weighted by atomic mass is 32.2. The fraction of sp³-hybridized carbons (Fsp3) is 0.480. The van der Waals surface area contributed by atoms with E-state index in [1.54, 1.807) is 12.1 Å². The SMILES string of the molecule is CC(CC1CCCCC1)NCc1ccccc1NS(=O)(=O)c1ccc(N2CCOC2=O)c(F)c1. The normalized spacial score (nSPS) is 18.1. The van der Waals surface area contributed by atoms with Crippen LogP contribution in [0.3, 0.4) is 0 Å². The Kier molecular flexibility index (Phi) is 7.73. The number of nitrogens with zero attached hydrogens (tertiary/aromatic N) is 1. The number of cyclic esters (lactones) is 1. The molecular weight excluding hydrogens is 457 g/mol. The lowest BCUT2D eigenvalue weighted by Gasteiger charge is -2.25. The Morgan fingerprint density at radius 1 is 1.15 bits per heavy atom. The molecular formula is C25H32FN3O4S. The van der Waals surface area contributed by atoms with Gasteiger partial charge in [0.25, 0.3) is 10.0 Å². The monoisotopic (exact) mass is 489 g/mol. The highest BCUT2D eigenvalue weighted by Crippen LogP contribution is 2.29. The second kappa shape index (κ2) is 10.7. The van der Waals surface area contributed by atoms with Crippen LogP contribution in [0.15, 0.2) is 47.4 Å². The highest BCUT2D eigenvalue weighted by Gasteiger charge is 2.27. The molecule has 1 saturated heterocycles. The summed E-state index contributed by atoms with van der Waals surface area (Å²) in [6, 6.07) is 11.0. The number of ether oxygens (including phenoxy) is 1. The Balaban J connectivity index is 1.43. The molecule has 7 nitrogen and oxygen atoms in total. The van der Waals surface area contributed by atoms with Crippen molar-refractivity contribution in [1.29, 1.82) is 0 Å². The second-order valence-corrected chi connectivity index (χ2v) is 10.8. The summed E-state index contributed by atoms with van der Waals surface area (Å²) in [5.74, 6) is -0.0431. The molecule has 9 heteroatoms. The maximum atomic E-state index is 14.7. The number of carbonyl (C=O) groups is 1. The second-order valence-electron chi connectivity index (χ2n) is 9.16. The summed E-state index contributed by atoms with van der Waals surface area (Å²) < 4.78 is 48.1. The third-order valence-electron chi connectivity index (χ3n) is 6.60. The van der Waals surface area contributed by atoms with E-state index in [1.165, 1.54) is 44.2 Å². The molecule has 1 amide bonds. The molecule has 184 valence electrons. The zero-order chi connectivity index (χ0) is 24.1. The largest absolute Gasteiger partial charge is 0.447 e. The molecule has 0 spiro atoms. The van der Waals surface area contributed by atoms with Gasteiger partial charge < -0.3 is 10.1 Å². The number of para-hydroxylation sites is 1. The van der Waals surface area contributed by atoms with Crippen molar-refractivity contribution in [3.8, 4) is 0 Å². The van der Waals surface area contributed by atoms with Gasteiger partial charge in [0.15, 0.2) is 0 Å². The van der Waals surface area contributed by atoms with E-state index in [9.17, 15) is 17.6 Å². The Morgan fingerprint density at radius 3 is 2.62 bits per heavy atom. The van der Waals surface area contributed by atoms with Crippen molar-refractivity contribution in [2.24, 2.45) is 5.92 Å². The van der Waals surface area contributed by atoms with E-state index < -0.39 is 21.9 Å². The average molecular weight is 490 g/mol. The molecule has 4 rings (SSSR count). The molecule has 1 unspecified atom stereocenters. The van der Waals surface area contributed by atoms with E-state index in [-0.39, 0.29) is 23.7 Å². The first kappa shape index (κ1) is 24.5. The molecule has 2 aromatic rings. The van der Waals surface area contributed by atoms with Crippen molar-refractivity contribution in [2.45, 2.75) is 62.9 Å². The van der Waals surface area contributed by atoms with Crippen LogP contribution in [-0.4, -0.2) is 33.7 Å². The lowest BCUT2D eigenvalue weighted by Crippen LogP contribution is -2.29. The zero-order valence-electron chi connectivity index (χ0n) is 19.4. The lowest BCUT2D eigenvalue weighted by atomic mass is 9.85. The standard InChI is InChI=1S/C25H32FN3O4S/c1-18(15-19-7-3-2-4-8-19)27-17-20-9-5-6-10-23(20)28-34(31,32)21-11-12-24(22(26)16-21)29-13-14-33-25(29)30/h5-6,9-12,16,18-19,27-28H,2-4,7-8,13-15,17H2,1H3. The Labute approximate surface area is 200 Å². The van der Waals surface area contributed by atoms with Crippen LogP contribution < -0.4 is 14.9 Å². The van der Waals surface area contributed by atoms with Crippen molar-refractivity contribution in [3.05, 3.63) is 53.8 Å². The van der Waals surface area contributed by atoms with Crippen LogP contribution in [0.1, 0.15) is 51.0 Å². The number of anilines is 2. The average Bonchev–Trinajstić information content (AvgIpc) is 3.24. The number of rotatable bonds is 9. The van der Waals surface area contributed by atoms with Gasteiger partial charge in [-0.1, -0.05) is 50.3 Å². The van der Waals surface area contributed by atoms with E-state index in [2.05, 4.69) is 17.0 Å². The molecule has 34 heavy (non-hydrogen) atoms. The molecule has 0 radical (unpaired) electrons. The number of benzene rings is 2. The molecule has 2 N–H and O–H groups in total. The quantitative estimate of drug-likeness (QED) is 0.516. The van der Waals surface area contributed by atoms with Gasteiger partial charge in [-0.25, -0.2) is 17.6 Å². The number of carbonyl (C=O) groups excluding carboxylic acids is 1. The smallest absolute Gasteiger partial charge is 0.414 e. The predicted molar refractivity (Wildman–Crippen MR) is 130 cm³/mol. The third-order valence-corrected chi connectivity index (χ3v) is 7.96. The summed E-state index contributed by atoms with van der Waals surface area (Å²) in [5.41, 5.74) is 1.27. The minimum atomic E-state index is -4.03. The maximum Gasteiger partial charge on any atom is 0.414 e. The van der Waals surface area contributed by atoms with Crippen LogP contribution in [0.4, 0.5) is 20.6 Å². The molecule has 0 bridgehead atoms. The van der Waals surface area contributed by atoms with Crippen LogP contribution in [-0.2, 0) is 21.3 Å². The zero-order valence-corrected chi connectivity index (χ0v) is 20.2. The Morgan fingerprint density at radius 2 is 1.91 bits per heavy atom. The molecule has 0 aromatic heterocycles. The fourth-order valence-corrected chi connectivity index (χ4v) is 5.87. The minimum Gasteiger partial charge on any atom is -0.447 e. The molecule has 2 aliphatic rings. The van der Waals surface area contributed by atoms with Crippen LogP contribution in [0.25, 0.3) is 0 Å². The number of sulfonamides is 1. The molecule has 1 aliphatic heterocycles. The lowest BCUT2D eigenvalue weighted by molar-refractivity contribution is 0.181. The van der Waals surface area contributed by atoms with Crippen molar-refractivity contribution < 1.29 is 22.3 Å². The minimum absolute atomic E-state index is 0.00185. The van der Waals surface area contributed by atoms with E-state index in [0.29, 0.717) is 18.3 Å². The fourth-order valence-electron chi connectivity index (χ4n) is 4.75. The highest BCUT2D eigenvalue weighted by molar-refractivity contribution is 7.92. The van der Waals surface area contributed by atoms with E-state index >= 15 is 0 Å². The first-order valence-electron chi connectivity index (χ1n) is 11.9. The van der Waals surface area contributed by atoms with Crippen LogP contribution in [0.2, 0.25) is 0 Å². The Bertz CT molecular complexity index is 1120. The summed E-state index contributed by atoms with van der Waals surface area (Å²) in [5, 5.41) is 3.52. The van der Waals surface area contributed by atoms with Crippen molar-refractivity contribution in [1.82, 2.24) is 5.32 Å². The third kappa shape index (κ3) is 5.88. The van der Waals surface area contributed by atoms with Gasteiger partial charge in [0.1, 0.15) is 12.4 Å². The molecule has 2 fully saturated rings. The molecule has 1 heterocycles. The van der Waals surface area contributed by atoms with Gasteiger partial charge in [-0.05, 0) is 49.1 Å².